The number of phenolic OH excluding ortho intramolecular Hbond substituents is 5. The van der Waals surface area contributed by atoms with Gasteiger partial charge < -0.3 is 65.3 Å². The molecule has 0 radical (unpaired) electrons. The summed E-state index contributed by atoms with van der Waals surface area (Å²) in [7, 11) is -4.36. The SMILES string of the molecule is O=C1CC(CCCC(O)c2ccc(F)cc2)C(c2ccc(-c3ccc(P(=O)(O)O)cc3)cc2O)N1c1ccccc1.O=C1C[C@H](CCCC(O)c2ccc(F)cc2)[C@@H](c2ccc(-c3cccc(O)c3)cc2O)N1c1ccccc1.O=C1C[C@H](CCC[C@@H](O)c2ccc(F)cc2)[C@@H](c2ccc(-c3cccc(O)c3)cc2O)N1c1ccccc1. The first-order valence-corrected chi connectivity index (χ1v) is 40.7. The van der Waals surface area contributed by atoms with Crippen LogP contribution in [0, 0.1) is 35.2 Å². The van der Waals surface area contributed by atoms with E-state index >= 15 is 0 Å². The second-order valence-electron chi connectivity index (χ2n) is 30.0. The quantitative estimate of drug-likeness (QED) is 0.0238. The molecule has 10 N–H and O–H groups in total. The monoisotopic (exact) mass is 1600 g/mol. The van der Waals surface area contributed by atoms with E-state index in [0.29, 0.717) is 115 Å². The van der Waals surface area contributed by atoms with Gasteiger partial charge in [-0.25, -0.2) is 13.2 Å². The average Bonchev–Trinajstić information content (AvgIpc) is 1.70. The lowest BCUT2D eigenvalue weighted by Crippen LogP contribution is -2.28. The van der Waals surface area contributed by atoms with Crippen molar-refractivity contribution in [3.05, 3.63) is 342 Å². The number of benzene rings is 12. The van der Waals surface area contributed by atoms with Gasteiger partial charge in [0.25, 0.3) is 0 Å². The highest BCUT2D eigenvalue weighted by molar-refractivity contribution is 7.60. The van der Waals surface area contributed by atoms with Gasteiger partial charge in [0.2, 0.25) is 17.7 Å². The number of anilines is 3. The van der Waals surface area contributed by atoms with Crippen LogP contribution in [0.2, 0.25) is 0 Å². The van der Waals surface area contributed by atoms with Gasteiger partial charge >= 0.3 is 7.60 Å². The van der Waals surface area contributed by atoms with Crippen molar-refractivity contribution in [2.75, 3.05) is 14.7 Å². The fourth-order valence-corrected chi connectivity index (χ4v) is 17.0. The highest BCUT2D eigenvalue weighted by Crippen LogP contribution is 2.51. The van der Waals surface area contributed by atoms with Crippen molar-refractivity contribution in [2.45, 2.75) is 113 Å². The van der Waals surface area contributed by atoms with Gasteiger partial charge in [0.1, 0.15) is 46.2 Å². The maximum Gasteiger partial charge on any atom is 0.356 e. The van der Waals surface area contributed by atoms with Gasteiger partial charge in [0.05, 0.1) is 41.7 Å². The van der Waals surface area contributed by atoms with Gasteiger partial charge in [0.15, 0.2) is 0 Å². The summed E-state index contributed by atoms with van der Waals surface area (Å²) in [5.74, 6) is -0.916. The Hall–Kier alpha value is -12.1. The third-order valence-corrected chi connectivity index (χ3v) is 23.2. The summed E-state index contributed by atoms with van der Waals surface area (Å²) in [6, 6.07) is 80.2. The Labute approximate surface area is 676 Å². The van der Waals surface area contributed by atoms with E-state index in [9.17, 15) is 82.8 Å². The molecule has 3 aliphatic heterocycles. The average molecular weight is 1600 g/mol. The molecule has 3 amide bonds. The van der Waals surface area contributed by atoms with Gasteiger partial charge in [-0.15, -0.1) is 0 Å². The molecule has 12 aromatic carbocycles. The minimum Gasteiger partial charge on any atom is -0.508 e. The van der Waals surface area contributed by atoms with Crippen LogP contribution in [0.4, 0.5) is 30.2 Å². The molecule has 3 fully saturated rings. The molecule has 600 valence electrons. The third kappa shape index (κ3) is 20.2. The molecule has 3 saturated heterocycles. The number of halogens is 3. The number of phenols is 5. The normalized spacial score (nSPS) is 18.1. The molecule has 0 saturated carbocycles. The Kier molecular flexibility index (Phi) is 26.7. The van der Waals surface area contributed by atoms with Crippen molar-refractivity contribution < 1.29 is 82.8 Å². The van der Waals surface area contributed by atoms with Gasteiger partial charge in [0, 0.05) is 53.0 Å². The Morgan fingerprint density at radius 2 is 0.598 bits per heavy atom. The molecule has 3 heterocycles. The van der Waals surface area contributed by atoms with Crippen molar-refractivity contribution in [2.24, 2.45) is 17.8 Å². The number of rotatable bonds is 25. The van der Waals surface area contributed by atoms with Crippen molar-refractivity contribution in [1.82, 2.24) is 0 Å². The molecule has 21 heteroatoms. The summed E-state index contributed by atoms with van der Waals surface area (Å²) in [4.78, 5) is 63.9. The zero-order valence-corrected chi connectivity index (χ0v) is 64.8. The van der Waals surface area contributed by atoms with E-state index in [2.05, 4.69) is 0 Å². The summed E-state index contributed by atoms with van der Waals surface area (Å²) in [6.45, 7) is 0. The zero-order valence-electron chi connectivity index (χ0n) is 63.9. The first-order valence-electron chi connectivity index (χ1n) is 39.1. The lowest BCUT2D eigenvalue weighted by molar-refractivity contribution is -0.118. The standard InChI is InChI=1S/C32H31FNO6P.2C32H30FNO4/c33-25-14-9-22(10-15-25)29(35)8-4-5-24-20-31(37)34(26-6-2-1-3-7-26)32(24)28-18-13-23(19-30(28)36)21-11-16-27(17-12-21)41(38,39)40;2*33-25-15-12-21(13-16-25)29(36)11-5-7-24-20-31(38)34(26-8-2-1-3-9-26)32(24)28-17-14-23(19-30(28)37)22-6-4-10-27(35)18-22/h1-3,6-7,9-19,24,29,32,35-36H,4-5,8,20H2,(H2,38,39,40);2*1-4,6,8-10,12-19,24,29,32,35-37H,5,7,11,20H2/t;24-,29?,32-;24-,29+,32-/m.00/s1. The Morgan fingerprint density at radius 3 is 0.872 bits per heavy atom. The lowest BCUT2D eigenvalue weighted by Gasteiger charge is -2.30. The highest BCUT2D eigenvalue weighted by atomic mass is 31.2. The van der Waals surface area contributed by atoms with Crippen LogP contribution < -0.4 is 20.0 Å². The maximum absolute atomic E-state index is 13.3. The number of para-hydroxylation sites is 3. The Balaban J connectivity index is 0.000000153. The predicted octanol–water partition coefficient (Wildman–Crippen LogP) is 19.8. The molecule has 0 aliphatic carbocycles. The second-order valence-corrected chi connectivity index (χ2v) is 31.6. The highest BCUT2D eigenvalue weighted by Gasteiger charge is 2.45. The Morgan fingerprint density at radius 1 is 0.325 bits per heavy atom. The number of amides is 3. The van der Waals surface area contributed by atoms with E-state index in [-0.39, 0.29) is 105 Å². The number of aromatic hydroxyl groups is 5. The van der Waals surface area contributed by atoms with Crippen LogP contribution in [-0.4, -0.2) is 68.4 Å². The molecule has 0 aromatic heterocycles. The number of aliphatic hydroxyl groups is 3. The summed E-state index contributed by atoms with van der Waals surface area (Å²) in [5, 5.41) is 85.0. The van der Waals surface area contributed by atoms with Gasteiger partial charge in [-0.05, 0) is 234 Å². The molecular formula is C96H91F3N3O14P. The van der Waals surface area contributed by atoms with Crippen LogP contribution in [0.5, 0.6) is 28.7 Å². The third-order valence-electron chi connectivity index (χ3n) is 22.3. The Bertz CT molecular complexity index is 5220. The van der Waals surface area contributed by atoms with Crippen molar-refractivity contribution in [3.8, 4) is 62.1 Å². The molecular weight excluding hydrogens is 1510 g/mol. The first-order chi connectivity index (χ1) is 56.4. The largest absolute Gasteiger partial charge is 0.508 e. The van der Waals surface area contributed by atoms with Crippen LogP contribution in [0.25, 0.3) is 33.4 Å². The van der Waals surface area contributed by atoms with E-state index in [4.69, 9.17) is 0 Å². The van der Waals surface area contributed by atoms with Crippen LogP contribution in [0.1, 0.15) is 147 Å². The van der Waals surface area contributed by atoms with Crippen LogP contribution >= 0.6 is 7.60 Å². The van der Waals surface area contributed by atoms with Crippen molar-refractivity contribution in [3.63, 3.8) is 0 Å². The first kappa shape index (κ1) is 82.8. The lowest BCUT2D eigenvalue weighted by atomic mass is 9.87. The molecule has 15 rings (SSSR count). The molecule has 17 nitrogen and oxygen atoms in total. The number of carbonyl (C=O) groups excluding carboxylic acids is 3. The predicted molar refractivity (Wildman–Crippen MR) is 446 cm³/mol. The van der Waals surface area contributed by atoms with E-state index in [1.54, 1.807) is 124 Å². The number of nitrogens with zero attached hydrogens (tertiary/aromatic N) is 3. The smallest absolute Gasteiger partial charge is 0.356 e. The molecule has 12 aromatic rings. The fourth-order valence-electron chi connectivity index (χ4n) is 16.5. The molecule has 9 atom stereocenters. The number of hydrogen-bond acceptors (Lipinski definition) is 12. The topological polar surface area (TPSA) is 280 Å². The zero-order chi connectivity index (χ0) is 82.4. The van der Waals surface area contributed by atoms with E-state index < -0.39 is 31.9 Å². The van der Waals surface area contributed by atoms with E-state index in [1.165, 1.54) is 48.5 Å². The number of hydrogen-bond donors (Lipinski definition) is 10. The summed E-state index contributed by atoms with van der Waals surface area (Å²) < 4.78 is 51.3. The van der Waals surface area contributed by atoms with Gasteiger partial charge in [-0.2, -0.15) is 0 Å². The second kappa shape index (κ2) is 37.6. The molecule has 0 spiro atoms. The summed E-state index contributed by atoms with van der Waals surface area (Å²) in [6.07, 6.45) is 4.11. The number of carbonyl (C=O) groups is 3. The van der Waals surface area contributed by atoms with Crippen molar-refractivity contribution >= 4 is 47.7 Å². The van der Waals surface area contributed by atoms with Crippen LogP contribution in [0.15, 0.2) is 291 Å². The maximum atomic E-state index is 13.3. The minimum atomic E-state index is -4.36. The van der Waals surface area contributed by atoms with Gasteiger partial charge in [-0.1, -0.05) is 183 Å². The minimum absolute atomic E-state index is 0.0123. The molecule has 3 aliphatic rings. The van der Waals surface area contributed by atoms with Crippen molar-refractivity contribution in [1.29, 1.82) is 0 Å². The molecule has 4 unspecified atom stereocenters. The summed E-state index contributed by atoms with van der Waals surface area (Å²) >= 11 is 0. The van der Waals surface area contributed by atoms with Crippen LogP contribution in [0.3, 0.4) is 0 Å². The summed E-state index contributed by atoms with van der Waals surface area (Å²) in [5.41, 5.74) is 10.6. The van der Waals surface area contributed by atoms with Gasteiger partial charge in [-0.3, -0.25) is 18.9 Å². The van der Waals surface area contributed by atoms with Crippen LogP contribution in [-0.2, 0) is 18.9 Å². The fraction of sp³-hybridized carbons (Fsp3) is 0.219. The van der Waals surface area contributed by atoms with E-state index in [0.717, 1.165) is 39.3 Å². The molecule has 0 bridgehead atoms. The number of aliphatic hydroxyl groups excluding tert-OH is 3. The van der Waals surface area contributed by atoms with E-state index in [1.807, 2.05) is 133 Å². The molecule has 117 heavy (non-hydrogen) atoms.